The number of benzene rings is 5. The molecule has 0 radical (unpaired) electrons. The first-order chi connectivity index (χ1) is 66.2. The van der Waals surface area contributed by atoms with E-state index in [9.17, 15) is 41.2 Å². The molecular formula is C102H114F2N18O12S2. The fourth-order valence-electron chi connectivity index (χ4n) is 15.3. The number of hydrogen-bond acceptors (Lipinski definition) is 21. The number of halogens is 2. The van der Waals surface area contributed by atoms with Crippen LogP contribution in [0.4, 0.5) is 8.78 Å². The molecule has 0 aliphatic heterocycles. The first-order valence-electron chi connectivity index (χ1n) is 46.6. The van der Waals surface area contributed by atoms with Gasteiger partial charge < -0.3 is 43.6 Å². The molecule has 34 heteroatoms. The van der Waals surface area contributed by atoms with Crippen molar-refractivity contribution in [2.45, 2.75) is 189 Å². The molecule has 2 fully saturated rings. The van der Waals surface area contributed by atoms with Crippen molar-refractivity contribution in [3.05, 3.63) is 253 Å². The third-order valence-electron chi connectivity index (χ3n) is 22.9. The van der Waals surface area contributed by atoms with Gasteiger partial charge in [-0.2, -0.15) is 34.3 Å². The lowest BCUT2D eigenvalue weighted by Crippen LogP contribution is -2.34. The molecule has 0 saturated heterocycles. The topological polar surface area (TPSA) is 401 Å². The normalized spacial score (nSPS) is 12.3. The summed E-state index contributed by atoms with van der Waals surface area (Å²) in [7, 11) is -3.86. The highest BCUT2D eigenvalue weighted by Crippen LogP contribution is 2.40. The zero-order chi connectivity index (χ0) is 95.3. The highest BCUT2D eigenvalue weighted by atomic mass is 32.2. The Morgan fingerprint density at radius 2 is 0.824 bits per heavy atom. The van der Waals surface area contributed by atoms with Crippen LogP contribution in [0.3, 0.4) is 0 Å². The van der Waals surface area contributed by atoms with E-state index >= 15 is 0 Å². The third kappa shape index (κ3) is 27.3. The maximum Gasteiger partial charge on any atom is 0.387 e. The van der Waals surface area contributed by atoms with E-state index in [-0.39, 0.29) is 33.6 Å². The minimum absolute atomic E-state index is 0.0281. The van der Waals surface area contributed by atoms with E-state index in [1.807, 2.05) is 137 Å². The van der Waals surface area contributed by atoms with Crippen molar-refractivity contribution >= 4 is 27.3 Å². The number of unbranched alkanes of at least 4 members (excludes halogenated alkanes) is 12. The maximum atomic E-state index is 13.2. The lowest BCUT2D eigenvalue weighted by atomic mass is 9.98. The summed E-state index contributed by atoms with van der Waals surface area (Å²) >= 11 is 1.69. The van der Waals surface area contributed by atoms with Crippen LogP contribution in [-0.2, 0) is 23.0 Å². The number of carbonyl (C=O) groups excluding carboxylic acids is 1. The SMILES string of the molecule is CCCCCCOc1ccc(-c2cc(-c3ccc(CC)s3)c(-c3ncn[nH]3)c(=O)[nH]2)cc1.CCCCCCOc1ccc(-c2cc(-c3ccc(OC(F)F)cc3)c(-c3ncn[nH]3)c(=O)[nH]2)cc1.CCCCCCOc1ccc(-c2cc(-c3ccn(C4CC4)n3)c(-c3ncn[nH]3)c(=O)[nH]2)cc1.CCCCCCOc1ccc(-c2cc(-c3ccn(CC4CC4)n3)c(C(=O)NS(C)(=O)=O)c(=O)[nH]2)cc1. The Morgan fingerprint density at radius 3 is 1.21 bits per heavy atom. The number of rotatable bonds is 43. The molecule has 15 aromatic rings. The van der Waals surface area contributed by atoms with Gasteiger partial charge in [0, 0.05) is 73.7 Å². The Hall–Kier alpha value is -14.3. The van der Waals surface area contributed by atoms with Crippen LogP contribution >= 0.6 is 11.3 Å². The molecular weight excluding hydrogens is 1770 g/mol. The molecule has 2 saturated carbocycles. The van der Waals surface area contributed by atoms with Crippen molar-refractivity contribution in [2.24, 2.45) is 5.92 Å². The molecule has 30 nitrogen and oxygen atoms in total. The minimum atomic E-state index is -3.86. The quantitative estimate of drug-likeness (QED) is 0.0165. The van der Waals surface area contributed by atoms with Crippen molar-refractivity contribution in [1.82, 2.24) is 89.8 Å². The Balaban J connectivity index is 0.000000145. The number of pyridine rings is 4. The second-order valence-corrected chi connectivity index (χ2v) is 36.4. The van der Waals surface area contributed by atoms with Gasteiger partial charge in [-0.3, -0.25) is 48.6 Å². The van der Waals surface area contributed by atoms with Crippen molar-refractivity contribution in [2.75, 3.05) is 32.7 Å². The number of sulfonamides is 1. The number of thiophene rings is 1. The molecule has 1 amide bonds. The van der Waals surface area contributed by atoms with Crippen LogP contribution in [0.2, 0.25) is 0 Å². The summed E-state index contributed by atoms with van der Waals surface area (Å²) in [6, 6.07) is 52.4. The molecule has 5 aromatic carbocycles. The Labute approximate surface area is 790 Å². The van der Waals surface area contributed by atoms with Crippen LogP contribution in [0.5, 0.6) is 28.7 Å². The van der Waals surface area contributed by atoms with Gasteiger partial charge in [0.2, 0.25) is 10.0 Å². The highest BCUT2D eigenvalue weighted by Gasteiger charge is 2.29. The number of H-pyrrole nitrogens is 7. The van der Waals surface area contributed by atoms with Gasteiger partial charge in [0.1, 0.15) is 53.3 Å². The molecule has 17 rings (SSSR count). The van der Waals surface area contributed by atoms with Crippen LogP contribution in [0.1, 0.15) is 184 Å². The predicted octanol–water partition coefficient (Wildman–Crippen LogP) is 21.1. The first-order valence-corrected chi connectivity index (χ1v) is 49.3. The highest BCUT2D eigenvalue weighted by molar-refractivity contribution is 7.89. The predicted molar refractivity (Wildman–Crippen MR) is 525 cm³/mol. The minimum Gasteiger partial charge on any atom is -0.494 e. The Morgan fingerprint density at radius 1 is 0.441 bits per heavy atom. The van der Waals surface area contributed by atoms with Gasteiger partial charge in [-0.25, -0.2) is 28.1 Å². The van der Waals surface area contributed by atoms with E-state index in [1.54, 1.807) is 46.5 Å². The summed E-state index contributed by atoms with van der Waals surface area (Å²) in [5, 5.41) is 29.4. The van der Waals surface area contributed by atoms with E-state index in [4.69, 9.17) is 24.0 Å². The van der Waals surface area contributed by atoms with E-state index < -0.39 is 28.1 Å². The molecule has 710 valence electrons. The van der Waals surface area contributed by atoms with Gasteiger partial charge in [-0.15, -0.1) is 11.3 Å². The lowest BCUT2D eigenvalue weighted by molar-refractivity contribution is -0.0498. The van der Waals surface area contributed by atoms with E-state index in [0.29, 0.717) is 93.2 Å². The molecule has 0 bridgehead atoms. The molecule has 2 aliphatic carbocycles. The van der Waals surface area contributed by atoms with Crippen LogP contribution in [0.25, 0.3) is 123 Å². The molecule has 2 aliphatic rings. The molecule has 8 N–H and O–H groups in total. The summed E-state index contributed by atoms with van der Waals surface area (Å²) in [4.78, 5) is 91.7. The molecule has 0 unspecified atom stereocenters. The summed E-state index contributed by atoms with van der Waals surface area (Å²) in [6.07, 6.45) is 32.8. The fourth-order valence-corrected chi connectivity index (χ4v) is 16.7. The number of nitrogens with zero attached hydrogens (tertiary/aromatic N) is 10. The molecule has 10 aromatic heterocycles. The van der Waals surface area contributed by atoms with Crippen molar-refractivity contribution in [3.8, 4) is 152 Å². The zero-order valence-corrected chi connectivity index (χ0v) is 78.7. The van der Waals surface area contributed by atoms with E-state index in [1.165, 1.54) is 100 Å². The number of alkyl halides is 2. The monoisotopic (exact) mass is 1880 g/mol. The van der Waals surface area contributed by atoms with Crippen molar-refractivity contribution in [1.29, 1.82) is 0 Å². The zero-order valence-electron chi connectivity index (χ0n) is 77.1. The number of amides is 1. The van der Waals surface area contributed by atoms with E-state index in [2.05, 4.69) is 122 Å². The lowest BCUT2D eigenvalue weighted by Gasteiger charge is -2.12. The number of aryl methyl sites for hydroxylation is 1. The first kappa shape index (κ1) is 97.7. The third-order valence-corrected chi connectivity index (χ3v) is 24.7. The molecule has 0 spiro atoms. The van der Waals surface area contributed by atoms with Gasteiger partial charge in [-0.1, -0.05) is 124 Å². The number of aromatic nitrogens is 17. The summed E-state index contributed by atoms with van der Waals surface area (Å²) in [5.74, 6) is 3.99. The Kier molecular flexibility index (Phi) is 34.5. The van der Waals surface area contributed by atoms with Gasteiger partial charge in [0.05, 0.1) is 66.8 Å². The van der Waals surface area contributed by atoms with Gasteiger partial charge in [0.15, 0.2) is 17.5 Å². The van der Waals surface area contributed by atoms with Gasteiger partial charge in [-0.05, 0) is 249 Å². The van der Waals surface area contributed by atoms with E-state index in [0.717, 1.165) is 169 Å². The molecule has 0 atom stereocenters. The summed E-state index contributed by atoms with van der Waals surface area (Å²) in [6.45, 7) is 11.5. The fraction of sp³-hybridized carbons (Fsp3) is 0.343. The average molecular weight is 1890 g/mol. The van der Waals surface area contributed by atoms with Crippen molar-refractivity contribution < 1.29 is 45.7 Å². The molecule has 10 heterocycles. The van der Waals surface area contributed by atoms with Gasteiger partial charge in [0.25, 0.3) is 28.1 Å². The van der Waals surface area contributed by atoms with Crippen LogP contribution < -0.4 is 50.6 Å². The number of aromatic amines is 7. The van der Waals surface area contributed by atoms with Crippen LogP contribution in [-0.4, -0.2) is 139 Å². The second kappa shape index (κ2) is 48.1. The summed E-state index contributed by atoms with van der Waals surface area (Å²) in [5.41, 5.74) is 9.54. The average Bonchev–Trinajstić information content (AvgIpc) is 1.50. The smallest absolute Gasteiger partial charge is 0.387 e. The van der Waals surface area contributed by atoms with Crippen LogP contribution in [0.15, 0.2) is 220 Å². The maximum absolute atomic E-state index is 13.2. The number of carbonyl (C=O) groups is 1. The summed E-state index contributed by atoms with van der Waals surface area (Å²) < 4.78 is 81.9. The van der Waals surface area contributed by atoms with Crippen molar-refractivity contribution in [3.63, 3.8) is 0 Å². The second-order valence-electron chi connectivity index (χ2n) is 33.4. The largest absolute Gasteiger partial charge is 0.494 e. The molecule has 136 heavy (non-hydrogen) atoms. The van der Waals surface area contributed by atoms with Gasteiger partial charge >= 0.3 is 6.61 Å². The van der Waals surface area contributed by atoms with Crippen LogP contribution in [0, 0.1) is 5.92 Å². The number of nitrogens with one attached hydrogen (secondary N) is 8. The number of ether oxygens (including phenoxy) is 5. The standard InChI is InChI=1S/C26H26F2N4O3.C26H32N4O5S.C25H28N6O2.C25H28N4O2S/c1-2-3-4-5-14-34-19-10-8-18(9-11-19)22-15-21(17-6-12-20(13-7-17)35-26(27)28)23(25(33)31-22)24-29-16-30-32-24;1-3-4-5-6-15-35-20-11-9-19(10-12-20)23-16-21(22-13-14-30(28-22)17-18-7-8-18)24(25(31)27-23)26(32)29-36(2,33)34;1-2-3-4-5-14-33-19-10-6-17(7-11-19)22-15-20(21-12-13-31(30-21)18-8-9-18)23(25(32)28-22)24-26-16-27-29-24;1-3-5-6-7-14-31-18-10-8-17(9-11-18)21-15-20(22-13-12-19(4-2)32-22)23(25(30)28-21)24-26-16-27-29-24/h6-13,15-16,26H,2-5,14H2,1H3,(H,31,33)(H,29,30,32);9-14,16,18H,3-8,15,17H2,1-2H3,(H,27,31)(H,29,32);6-7,10-13,15-16,18H,2-5,8-9,14H2,1H3,(H,28,32)(H,26,27,29);8-13,15-16H,3-7,14H2,1-2H3,(H,28,30)(H,26,27,29). The number of hydrogen-bond donors (Lipinski definition) is 8. The Bertz CT molecular complexity index is 6710.